The molecule has 4 aliphatic rings. The maximum atomic E-state index is 12.8. The van der Waals surface area contributed by atoms with E-state index in [1.165, 1.54) is 19.3 Å². The highest BCUT2D eigenvalue weighted by molar-refractivity contribution is 5.94. The number of carbonyl (C=O) groups is 3. The second kappa shape index (κ2) is 8.17. The van der Waals surface area contributed by atoms with Crippen molar-refractivity contribution in [3.8, 4) is 0 Å². The Labute approximate surface area is 171 Å². The van der Waals surface area contributed by atoms with Gasteiger partial charge in [-0.25, -0.2) is 4.79 Å². The first-order valence-electron chi connectivity index (χ1n) is 10.7. The lowest BCUT2D eigenvalue weighted by molar-refractivity contribution is -0.172. The van der Waals surface area contributed by atoms with Crippen molar-refractivity contribution in [2.45, 2.75) is 51.9 Å². The van der Waals surface area contributed by atoms with Gasteiger partial charge in [0.15, 0.2) is 6.61 Å². The van der Waals surface area contributed by atoms with E-state index < -0.39 is 0 Å². The molecule has 156 valence electrons. The molecule has 0 atom stereocenters. The minimum atomic E-state index is -0.380. The smallest absolute Gasteiger partial charge is 0.338 e. The summed E-state index contributed by atoms with van der Waals surface area (Å²) < 4.78 is 10.5. The van der Waals surface area contributed by atoms with E-state index in [2.05, 4.69) is 5.32 Å². The minimum absolute atomic E-state index is 0.194. The van der Waals surface area contributed by atoms with Gasteiger partial charge in [0.1, 0.15) is 0 Å². The van der Waals surface area contributed by atoms with Gasteiger partial charge < -0.3 is 14.8 Å². The molecule has 1 N–H and O–H groups in total. The fourth-order valence-electron chi connectivity index (χ4n) is 5.81. The summed E-state index contributed by atoms with van der Waals surface area (Å²) in [5.74, 6) is 1.03. The molecule has 0 aliphatic heterocycles. The summed E-state index contributed by atoms with van der Waals surface area (Å²) in [6, 6.07) is 6.49. The Kier molecular flexibility index (Phi) is 5.61. The number of anilines is 1. The number of benzene rings is 1. The number of ether oxygens (including phenoxy) is 2. The molecule has 1 amide bonds. The first kappa shape index (κ1) is 19.9. The molecule has 0 saturated heterocycles. The van der Waals surface area contributed by atoms with Crippen molar-refractivity contribution in [2.24, 2.45) is 23.2 Å². The van der Waals surface area contributed by atoms with Gasteiger partial charge in [0, 0.05) is 5.69 Å². The number of nitrogens with one attached hydrogen (secondary N) is 1. The predicted octanol–water partition coefficient (Wildman–Crippen LogP) is 3.95. The average molecular weight is 399 g/mol. The van der Waals surface area contributed by atoms with Crippen LogP contribution >= 0.6 is 0 Å². The maximum Gasteiger partial charge on any atom is 0.338 e. The second-order valence-corrected chi connectivity index (χ2v) is 9.04. The molecule has 0 unspecified atom stereocenters. The van der Waals surface area contributed by atoms with E-state index in [0.717, 1.165) is 25.7 Å². The van der Waals surface area contributed by atoms with Gasteiger partial charge >= 0.3 is 11.9 Å². The number of amides is 1. The molecule has 4 saturated carbocycles. The molecular weight excluding hydrogens is 370 g/mol. The zero-order chi connectivity index (χ0) is 20.4. The van der Waals surface area contributed by atoms with Gasteiger partial charge in [0.2, 0.25) is 0 Å². The molecule has 5 rings (SSSR count). The third-order valence-corrected chi connectivity index (χ3v) is 6.65. The standard InChI is InChI=1S/C23H29NO5/c1-2-7-28-21(26)18-3-5-19(6-4-18)24-20(25)14-29-22(27)23-11-15-8-16(12-23)10-17(9-15)13-23/h3-6,15-17H,2,7-14H2,1H3,(H,24,25). The number of esters is 2. The van der Waals surface area contributed by atoms with Crippen LogP contribution in [0.3, 0.4) is 0 Å². The zero-order valence-electron chi connectivity index (χ0n) is 16.9. The van der Waals surface area contributed by atoms with E-state index in [-0.39, 0.29) is 29.9 Å². The molecule has 6 heteroatoms. The lowest BCUT2D eigenvalue weighted by Gasteiger charge is -2.55. The zero-order valence-corrected chi connectivity index (χ0v) is 16.9. The molecule has 0 aromatic heterocycles. The Morgan fingerprint density at radius 2 is 1.55 bits per heavy atom. The number of hydrogen-bond acceptors (Lipinski definition) is 5. The summed E-state index contributed by atoms with van der Waals surface area (Å²) >= 11 is 0. The Bertz CT molecular complexity index is 750. The molecule has 29 heavy (non-hydrogen) atoms. The van der Waals surface area contributed by atoms with Crippen LogP contribution in [0.1, 0.15) is 62.2 Å². The van der Waals surface area contributed by atoms with Crippen LogP contribution in [0, 0.1) is 23.2 Å². The highest BCUT2D eigenvalue weighted by Crippen LogP contribution is 2.60. The molecule has 0 spiro atoms. The summed E-state index contributed by atoms with van der Waals surface area (Å²) in [5, 5.41) is 2.71. The van der Waals surface area contributed by atoms with Gasteiger partial charge in [-0.3, -0.25) is 9.59 Å². The topological polar surface area (TPSA) is 81.7 Å². The van der Waals surface area contributed by atoms with E-state index in [9.17, 15) is 14.4 Å². The van der Waals surface area contributed by atoms with Gasteiger partial charge in [-0.15, -0.1) is 0 Å². The van der Waals surface area contributed by atoms with Crippen LogP contribution in [0.5, 0.6) is 0 Å². The van der Waals surface area contributed by atoms with Gasteiger partial charge in [-0.05, 0) is 87.0 Å². The van der Waals surface area contributed by atoms with Crippen LogP contribution in [0.2, 0.25) is 0 Å². The lowest BCUT2D eigenvalue weighted by atomic mass is 9.49. The summed E-state index contributed by atoms with van der Waals surface area (Å²) in [6.45, 7) is 2.04. The third-order valence-electron chi connectivity index (χ3n) is 6.65. The normalized spacial score (nSPS) is 29.3. The van der Waals surface area contributed by atoms with E-state index in [4.69, 9.17) is 9.47 Å². The van der Waals surface area contributed by atoms with Crippen molar-refractivity contribution in [3.63, 3.8) is 0 Å². The molecule has 1 aromatic carbocycles. The van der Waals surface area contributed by atoms with Gasteiger partial charge in [-0.1, -0.05) is 6.92 Å². The van der Waals surface area contributed by atoms with Crippen LogP contribution in [-0.4, -0.2) is 31.1 Å². The lowest BCUT2D eigenvalue weighted by Crippen LogP contribution is -2.50. The fourth-order valence-corrected chi connectivity index (χ4v) is 5.81. The van der Waals surface area contributed by atoms with E-state index in [0.29, 0.717) is 35.6 Å². The highest BCUT2D eigenvalue weighted by Gasteiger charge is 2.55. The van der Waals surface area contributed by atoms with Crippen LogP contribution in [-0.2, 0) is 19.1 Å². The molecule has 4 bridgehead atoms. The van der Waals surface area contributed by atoms with Crippen molar-refractivity contribution in [1.82, 2.24) is 0 Å². The Balaban J connectivity index is 1.27. The molecule has 0 radical (unpaired) electrons. The largest absolute Gasteiger partial charge is 0.462 e. The number of hydrogen-bond donors (Lipinski definition) is 1. The highest BCUT2D eigenvalue weighted by atomic mass is 16.5. The van der Waals surface area contributed by atoms with Crippen LogP contribution in [0.4, 0.5) is 5.69 Å². The van der Waals surface area contributed by atoms with Crippen molar-refractivity contribution >= 4 is 23.5 Å². The van der Waals surface area contributed by atoms with Crippen LogP contribution in [0.15, 0.2) is 24.3 Å². The van der Waals surface area contributed by atoms with E-state index in [1.807, 2.05) is 6.92 Å². The SMILES string of the molecule is CCCOC(=O)c1ccc(NC(=O)COC(=O)C23CC4CC(CC(C4)C2)C3)cc1. The number of carbonyl (C=O) groups excluding carboxylic acids is 3. The van der Waals surface area contributed by atoms with E-state index >= 15 is 0 Å². The van der Waals surface area contributed by atoms with Gasteiger partial charge in [0.25, 0.3) is 5.91 Å². The van der Waals surface area contributed by atoms with Crippen LogP contribution < -0.4 is 5.32 Å². The van der Waals surface area contributed by atoms with Crippen LogP contribution in [0.25, 0.3) is 0 Å². The molecule has 6 nitrogen and oxygen atoms in total. The van der Waals surface area contributed by atoms with Crippen molar-refractivity contribution in [3.05, 3.63) is 29.8 Å². The average Bonchev–Trinajstić information content (AvgIpc) is 2.69. The van der Waals surface area contributed by atoms with Gasteiger partial charge in [0.05, 0.1) is 17.6 Å². The summed E-state index contributed by atoms with van der Waals surface area (Å²) in [5.41, 5.74) is 0.632. The molecule has 0 heterocycles. The second-order valence-electron chi connectivity index (χ2n) is 9.04. The molecular formula is C23H29NO5. The summed E-state index contributed by atoms with van der Waals surface area (Å²) in [7, 11) is 0. The van der Waals surface area contributed by atoms with Crippen molar-refractivity contribution < 1.29 is 23.9 Å². The summed E-state index contributed by atoms with van der Waals surface area (Å²) in [4.78, 5) is 36.8. The quantitative estimate of drug-likeness (QED) is 0.702. The third kappa shape index (κ3) is 4.31. The first-order chi connectivity index (χ1) is 14.0. The Hall–Kier alpha value is -2.37. The molecule has 4 aliphatic carbocycles. The number of rotatable bonds is 7. The van der Waals surface area contributed by atoms with Crippen molar-refractivity contribution in [1.29, 1.82) is 0 Å². The van der Waals surface area contributed by atoms with E-state index in [1.54, 1.807) is 24.3 Å². The minimum Gasteiger partial charge on any atom is -0.462 e. The molecule has 4 fully saturated rings. The monoisotopic (exact) mass is 399 g/mol. The Morgan fingerprint density at radius 3 is 2.10 bits per heavy atom. The van der Waals surface area contributed by atoms with Gasteiger partial charge in [-0.2, -0.15) is 0 Å². The summed E-state index contributed by atoms with van der Waals surface area (Å²) in [6.07, 6.45) is 7.32. The Morgan fingerprint density at radius 1 is 0.966 bits per heavy atom. The fraction of sp³-hybridized carbons (Fsp3) is 0.609. The van der Waals surface area contributed by atoms with Crippen molar-refractivity contribution in [2.75, 3.05) is 18.5 Å². The maximum absolute atomic E-state index is 12.8. The molecule has 1 aromatic rings. The predicted molar refractivity (Wildman–Crippen MR) is 107 cm³/mol. The first-order valence-corrected chi connectivity index (χ1v) is 10.7.